The Bertz CT molecular complexity index is 251. The van der Waals surface area contributed by atoms with Crippen molar-refractivity contribution in [2.75, 3.05) is 24.6 Å². The summed E-state index contributed by atoms with van der Waals surface area (Å²) in [5, 5.41) is 3.32. The SMILES string of the molecule is CC(C)C1NCC(=O)N1CC1CCSCC1. The van der Waals surface area contributed by atoms with E-state index < -0.39 is 0 Å². The molecule has 2 fully saturated rings. The number of hydrogen-bond acceptors (Lipinski definition) is 3. The van der Waals surface area contributed by atoms with Gasteiger partial charge in [-0.2, -0.15) is 11.8 Å². The van der Waals surface area contributed by atoms with Crippen LogP contribution >= 0.6 is 11.8 Å². The maximum Gasteiger partial charge on any atom is 0.237 e. The van der Waals surface area contributed by atoms with Crippen molar-refractivity contribution in [3.05, 3.63) is 0 Å². The number of nitrogens with zero attached hydrogens (tertiary/aromatic N) is 1. The Morgan fingerprint density at radius 1 is 1.44 bits per heavy atom. The first-order valence-electron chi connectivity index (χ1n) is 6.29. The van der Waals surface area contributed by atoms with Crippen LogP contribution in [-0.4, -0.2) is 41.6 Å². The minimum absolute atomic E-state index is 0.266. The van der Waals surface area contributed by atoms with Crippen LogP contribution in [0.1, 0.15) is 26.7 Å². The largest absolute Gasteiger partial charge is 0.326 e. The van der Waals surface area contributed by atoms with Gasteiger partial charge in [0.1, 0.15) is 0 Å². The van der Waals surface area contributed by atoms with Crippen molar-refractivity contribution >= 4 is 17.7 Å². The van der Waals surface area contributed by atoms with Gasteiger partial charge >= 0.3 is 0 Å². The Morgan fingerprint density at radius 2 is 2.12 bits per heavy atom. The van der Waals surface area contributed by atoms with Gasteiger partial charge < -0.3 is 4.90 Å². The summed E-state index contributed by atoms with van der Waals surface area (Å²) in [6.45, 7) is 5.86. The van der Waals surface area contributed by atoms with E-state index in [4.69, 9.17) is 0 Å². The van der Waals surface area contributed by atoms with E-state index in [-0.39, 0.29) is 12.1 Å². The topological polar surface area (TPSA) is 32.3 Å². The highest BCUT2D eigenvalue weighted by molar-refractivity contribution is 7.99. The molecule has 1 amide bonds. The molecule has 0 aliphatic carbocycles. The van der Waals surface area contributed by atoms with E-state index in [1.165, 1.54) is 24.3 Å². The first kappa shape index (κ1) is 12.2. The van der Waals surface area contributed by atoms with Gasteiger partial charge in [-0.05, 0) is 36.2 Å². The average Bonchev–Trinajstić information content (AvgIpc) is 2.62. The second-order valence-corrected chi connectivity index (χ2v) is 6.40. The summed E-state index contributed by atoms with van der Waals surface area (Å²) in [5.74, 6) is 4.06. The van der Waals surface area contributed by atoms with Crippen LogP contribution in [0.25, 0.3) is 0 Å². The zero-order valence-electron chi connectivity index (χ0n) is 10.2. The molecule has 3 nitrogen and oxygen atoms in total. The molecule has 0 aromatic rings. The number of amides is 1. The summed E-state index contributed by atoms with van der Waals surface area (Å²) >= 11 is 2.05. The van der Waals surface area contributed by atoms with Crippen molar-refractivity contribution in [2.45, 2.75) is 32.9 Å². The molecular formula is C12H22N2OS. The zero-order valence-corrected chi connectivity index (χ0v) is 11.1. The predicted molar refractivity (Wildman–Crippen MR) is 68.4 cm³/mol. The Morgan fingerprint density at radius 3 is 2.75 bits per heavy atom. The van der Waals surface area contributed by atoms with Crippen LogP contribution in [0.3, 0.4) is 0 Å². The number of carbonyl (C=O) groups is 1. The van der Waals surface area contributed by atoms with E-state index in [9.17, 15) is 4.79 Å². The van der Waals surface area contributed by atoms with Crippen molar-refractivity contribution in [1.82, 2.24) is 10.2 Å². The lowest BCUT2D eigenvalue weighted by atomic mass is 10.0. The fourth-order valence-electron chi connectivity index (χ4n) is 2.58. The molecule has 0 spiro atoms. The Kier molecular flexibility index (Phi) is 4.14. The third kappa shape index (κ3) is 2.72. The molecule has 0 saturated carbocycles. The second kappa shape index (κ2) is 5.41. The second-order valence-electron chi connectivity index (χ2n) is 5.17. The summed E-state index contributed by atoms with van der Waals surface area (Å²) < 4.78 is 0. The van der Waals surface area contributed by atoms with Crippen molar-refractivity contribution in [3.63, 3.8) is 0 Å². The smallest absolute Gasteiger partial charge is 0.237 e. The number of carbonyl (C=O) groups excluding carboxylic acids is 1. The number of hydrogen-bond donors (Lipinski definition) is 1. The standard InChI is InChI=1S/C12H22N2OS/c1-9(2)12-13-7-11(15)14(12)8-10-3-5-16-6-4-10/h9-10,12-13H,3-8H2,1-2H3. The van der Waals surface area contributed by atoms with E-state index in [1.807, 2.05) is 11.8 Å². The van der Waals surface area contributed by atoms with Gasteiger partial charge in [-0.25, -0.2) is 0 Å². The third-order valence-electron chi connectivity index (χ3n) is 3.55. The molecule has 16 heavy (non-hydrogen) atoms. The van der Waals surface area contributed by atoms with Crippen LogP contribution in [0, 0.1) is 11.8 Å². The molecule has 92 valence electrons. The van der Waals surface area contributed by atoms with Crippen molar-refractivity contribution in [3.8, 4) is 0 Å². The Balaban J connectivity index is 1.92. The maximum atomic E-state index is 11.8. The minimum atomic E-state index is 0.266. The molecule has 2 heterocycles. The van der Waals surface area contributed by atoms with Gasteiger partial charge in [-0.1, -0.05) is 13.8 Å². The fourth-order valence-corrected chi connectivity index (χ4v) is 3.78. The molecule has 4 heteroatoms. The Hall–Kier alpha value is -0.220. The van der Waals surface area contributed by atoms with Gasteiger partial charge in [-0.15, -0.1) is 0 Å². The molecule has 1 unspecified atom stereocenters. The molecule has 2 aliphatic heterocycles. The van der Waals surface area contributed by atoms with Crippen molar-refractivity contribution in [1.29, 1.82) is 0 Å². The first-order valence-corrected chi connectivity index (χ1v) is 7.44. The predicted octanol–water partition coefficient (Wildman–Crippen LogP) is 1.54. The normalized spacial score (nSPS) is 28.1. The van der Waals surface area contributed by atoms with Gasteiger partial charge in [0.05, 0.1) is 12.7 Å². The molecule has 2 rings (SSSR count). The fraction of sp³-hybridized carbons (Fsp3) is 0.917. The molecule has 0 aromatic heterocycles. The molecule has 1 atom stereocenters. The summed E-state index contributed by atoms with van der Waals surface area (Å²) in [5.41, 5.74) is 0. The van der Waals surface area contributed by atoms with Crippen LogP contribution < -0.4 is 5.32 Å². The highest BCUT2D eigenvalue weighted by Gasteiger charge is 2.33. The van der Waals surface area contributed by atoms with Gasteiger partial charge in [0.25, 0.3) is 0 Å². The molecule has 0 aromatic carbocycles. The molecule has 1 N–H and O–H groups in total. The van der Waals surface area contributed by atoms with Crippen LogP contribution in [-0.2, 0) is 4.79 Å². The minimum Gasteiger partial charge on any atom is -0.326 e. The number of rotatable bonds is 3. The molecule has 2 saturated heterocycles. The van der Waals surface area contributed by atoms with Crippen LogP contribution in [0.15, 0.2) is 0 Å². The molecule has 2 aliphatic rings. The van der Waals surface area contributed by atoms with E-state index in [1.54, 1.807) is 0 Å². The lowest BCUT2D eigenvalue weighted by Gasteiger charge is -2.32. The average molecular weight is 242 g/mol. The maximum absolute atomic E-state index is 11.8. The van der Waals surface area contributed by atoms with E-state index in [2.05, 4.69) is 24.1 Å². The van der Waals surface area contributed by atoms with E-state index in [0.29, 0.717) is 12.5 Å². The van der Waals surface area contributed by atoms with Gasteiger partial charge in [0.2, 0.25) is 5.91 Å². The lowest BCUT2D eigenvalue weighted by molar-refractivity contribution is -0.129. The Labute approximate surface area is 102 Å². The van der Waals surface area contributed by atoms with Gasteiger partial charge in [0, 0.05) is 6.54 Å². The number of thioether (sulfide) groups is 1. The number of nitrogens with one attached hydrogen (secondary N) is 1. The van der Waals surface area contributed by atoms with E-state index >= 15 is 0 Å². The summed E-state index contributed by atoms with van der Waals surface area (Å²) in [4.78, 5) is 13.9. The highest BCUT2D eigenvalue weighted by Crippen LogP contribution is 2.25. The van der Waals surface area contributed by atoms with Crippen LogP contribution in [0.4, 0.5) is 0 Å². The lowest BCUT2D eigenvalue weighted by Crippen LogP contribution is -2.44. The summed E-state index contributed by atoms with van der Waals surface area (Å²) in [6.07, 6.45) is 2.82. The third-order valence-corrected chi connectivity index (χ3v) is 4.59. The van der Waals surface area contributed by atoms with Gasteiger partial charge in [0.15, 0.2) is 0 Å². The van der Waals surface area contributed by atoms with E-state index in [0.717, 1.165) is 12.5 Å². The van der Waals surface area contributed by atoms with Crippen LogP contribution in [0.5, 0.6) is 0 Å². The molecule has 0 bridgehead atoms. The molecular weight excluding hydrogens is 220 g/mol. The van der Waals surface area contributed by atoms with Gasteiger partial charge in [-0.3, -0.25) is 10.1 Å². The zero-order chi connectivity index (χ0) is 11.5. The molecule has 0 radical (unpaired) electrons. The highest BCUT2D eigenvalue weighted by atomic mass is 32.2. The summed E-state index contributed by atoms with van der Waals surface area (Å²) in [6, 6.07) is 0. The summed E-state index contributed by atoms with van der Waals surface area (Å²) in [7, 11) is 0. The van der Waals surface area contributed by atoms with Crippen LogP contribution in [0.2, 0.25) is 0 Å². The quantitative estimate of drug-likeness (QED) is 0.815. The monoisotopic (exact) mass is 242 g/mol. The first-order chi connectivity index (χ1) is 7.68. The van der Waals surface area contributed by atoms with Crippen molar-refractivity contribution < 1.29 is 4.79 Å². The van der Waals surface area contributed by atoms with Crippen molar-refractivity contribution in [2.24, 2.45) is 11.8 Å².